The molecule has 94 valence electrons. The van der Waals surface area contributed by atoms with E-state index in [1.165, 1.54) is 0 Å². The van der Waals surface area contributed by atoms with E-state index >= 15 is 0 Å². The first-order valence-corrected chi connectivity index (χ1v) is 6.24. The van der Waals surface area contributed by atoms with Crippen molar-refractivity contribution in [3.05, 3.63) is 64.7 Å². The van der Waals surface area contributed by atoms with E-state index in [1.54, 1.807) is 0 Å². The monoisotopic (exact) mass is 251 g/mol. The van der Waals surface area contributed by atoms with Crippen molar-refractivity contribution >= 4 is 10.9 Å². The number of hydrogen-bond donors (Lipinski definition) is 1. The van der Waals surface area contributed by atoms with Gasteiger partial charge in [0.25, 0.3) is 5.56 Å². The summed E-state index contributed by atoms with van der Waals surface area (Å²) in [5.41, 5.74) is 3.61. The van der Waals surface area contributed by atoms with Crippen LogP contribution in [0.25, 0.3) is 22.0 Å². The molecule has 3 heteroatoms. The van der Waals surface area contributed by atoms with Crippen LogP contribution in [-0.2, 0) is 7.05 Å². The highest BCUT2D eigenvalue weighted by molar-refractivity contribution is 5.84. The summed E-state index contributed by atoms with van der Waals surface area (Å²) in [5, 5.41) is 1.07. The molecule has 0 aliphatic heterocycles. The van der Waals surface area contributed by atoms with E-state index in [1.807, 2.05) is 55.7 Å². The van der Waals surface area contributed by atoms with Gasteiger partial charge in [0, 0.05) is 18.6 Å². The van der Waals surface area contributed by atoms with Gasteiger partial charge in [0.2, 0.25) is 0 Å². The molecule has 0 fully saturated rings. The van der Waals surface area contributed by atoms with E-state index in [4.69, 9.17) is 0 Å². The van der Waals surface area contributed by atoms with Gasteiger partial charge < -0.3 is 4.98 Å². The van der Waals surface area contributed by atoms with Gasteiger partial charge in [0.1, 0.15) is 7.05 Å². The van der Waals surface area contributed by atoms with Crippen LogP contribution in [0.2, 0.25) is 0 Å². The molecule has 0 saturated heterocycles. The third-order valence-electron chi connectivity index (χ3n) is 3.54. The molecule has 2 heterocycles. The Hall–Kier alpha value is -2.42. The average Bonchev–Trinajstić information content (AvgIpc) is 2.44. The fourth-order valence-electron chi connectivity index (χ4n) is 2.30. The SMILES string of the molecule is Cc1c2cc(-c3ccccc3)c(=O)[nH]c2cc[n+]1C. The summed E-state index contributed by atoms with van der Waals surface area (Å²) in [7, 11) is 2.00. The average molecular weight is 251 g/mol. The summed E-state index contributed by atoms with van der Waals surface area (Å²) < 4.78 is 2.05. The van der Waals surface area contributed by atoms with Crippen molar-refractivity contribution in [2.75, 3.05) is 0 Å². The zero-order chi connectivity index (χ0) is 13.4. The van der Waals surface area contributed by atoms with Gasteiger partial charge in [0.15, 0.2) is 11.9 Å². The second kappa shape index (κ2) is 4.35. The molecule has 0 bridgehead atoms. The van der Waals surface area contributed by atoms with Gasteiger partial charge in [-0.2, -0.15) is 0 Å². The number of fused-ring (bicyclic) bond motifs is 1. The first kappa shape index (κ1) is 11.7. The standard InChI is InChI=1S/C16H14N2O/c1-11-13-10-14(12-6-4-3-5-7-12)16(19)17-15(13)8-9-18(11)2/h3-10H,1-2H3/p+1. The van der Waals surface area contributed by atoms with Crippen molar-refractivity contribution in [1.82, 2.24) is 4.98 Å². The Balaban J connectivity index is 2.36. The first-order valence-electron chi connectivity index (χ1n) is 6.24. The molecule has 3 nitrogen and oxygen atoms in total. The second-order valence-corrected chi connectivity index (χ2v) is 4.72. The number of nitrogens with zero attached hydrogens (tertiary/aromatic N) is 1. The summed E-state index contributed by atoms with van der Waals surface area (Å²) in [5.74, 6) is 0. The Labute approximate surface area is 111 Å². The number of aromatic nitrogens is 2. The highest BCUT2D eigenvalue weighted by Gasteiger charge is 2.11. The van der Waals surface area contributed by atoms with E-state index in [0.717, 1.165) is 22.2 Å². The van der Waals surface area contributed by atoms with Gasteiger partial charge >= 0.3 is 0 Å². The maximum absolute atomic E-state index is 12.2. The van der Waals surface area contributed by atoms with E-state index in [2.05, 4.69) is 16.5 Å². The topological polar surface area (TPSA) is 36.7 Å². The Kier molecular flexibility index (Phi) is 2.67. The van der Waals surface area contributed by atoms with Gasteiger partial charge in [0.05, 0.1) is 10.9 Å². The number of benzene rings is 1. The molecule has 3 aromatic rings. The van der Waals surface area contributed by atoms with Crippen LogP contribution < -0.4 is 10.1 Å². The third kappa shape index (κ3) is 1.93. The molecule has 1 N–H and O–H groups in total. The minimum absolute atomic E-state index is 0.0491. The highest BCUT2D eigenvalue weighted by Crippen LogP contribution is 2.19. The van der Waals surface area contributed by atoms with Gasteiger partial charge in [-0.3, -0.25) is 4.79 Å². The van der Waals surface area contributed by atoms with Crippen molar-refractivity contribution in [1.29, 1.82) is 0 Å². The van der Waals surface area contributed by atoms with E-state index in [-0.39, 0.29) is 5.56 Å². The zero-order valence-electron chi connectivity index (χ0n) is 11.0. The maximum Gasteiger partial charge on any atom is 0.256 e. The Morgan fingerprint density at radius 1 is 1.11 bits per heavy atom. The van der Waals surface area contributed by atoms with Gasteiger partial charge in [-0.1, -0.05) is 30.3 Å². The number of rotatable bonds is 1. The fraction of sp³-hybridized carbons (Fsp3) is 0.125. The molecule has 0 unspecified atom stereocenters. The van der Waals surface area contributed by atoms with Crippen LogP contribution >= 0.6 is 0 Å². The van der Waals surface area contributed by atoms with Crippen LogP contribution in [0.5, 0.6) is 0 Å². The largest absolute Gasteiger partial charge is 0.321 e. The van der Waals surface area contributed by atoms with Crippen molar-refractivity contribution in [2.24, 2.45) is 7.05 Å². The highest BCUT2D eigenvalue weighted by atomic mass is 16.1. The minimum Gasteiger partial charge on any atom is -0.321 e. The molecule has 19 heavy (non-hydrogen) atoms. The predicted molar refractivity (Wildman–Crippen MR) is 75.9 cm³/mol. The summed E-state index contributed by atoms with van der Waals surface area (Å²) >= 11 is 0. The molecule has 0 amide bonds. The lowest BCUT2D eigenvalue weighted by Gasteiger charge is -2.04. The Morgan fingerprint density at radius 3 is 2.58 bits per heavy atom. The number of hydrogen-bond acceptors (Lipinski definition) is 1. The van der Waals surface area contributed by atoms with Crippen LogP contribution in [0.15, 0.2) is 53.5 Å². The molecule has 0 aliphatic rings. The lowest BCUT2D eigenvalue weighted by Crippen LogP contribution is -2.31. The molecule has 0 radical (unpaired) electrons. The smallest absolute Gasteiger partial charge is 0.256 e. The quantitative estimate of drug-likeness (QED) is 0.662. The summed E-state index contributed by atoms with van der Waals surface area (Å²) in [6.07, 6.45) is 1.95. The molecule has 1 aromatic carbocycles. The van der Waals surface area contributed by atoms with Crippen LogP contribution in [-0.4, -0.2) is 4.98 Å². The minimum atomic E-state index is -0.0491. The van der Waals surface area contributed by atoms with Crippen molar-refractivity contribution < 1.29 is 4.57 Å². The lowest BCUT2D eigenvalue weighted by atomic mass is 10.0. The van der Waals surface area contributed by atoms with Gasteiger partial charge in [-0.05, 0) is 11.6 Å². The maximum atomic E-state index is 12.2. The van der Waals surface area contributed by atoms with Crippen LogP contribution in [0.3, 0.4) is 0 Å². The van der Waals surface area contributed by atoms with Crippen molar-refractivity contribution in [3.63, 3.8) is 0 Å². The van der Waals surface area contributed by atoms with Crippen LogP contribution in [0.4, 0.5) is 0 Å². The Morgan fingerprint density at radius 2 is 1.84 bits per heavy atom. The molecule has 0 atom stereocenters. The van der Waals surface area contributed by atoms with E-state index in [0.29, 0.717) is 5.56 Å². The number of aromatic amines is 1. The van der Waals surface area contributed by atoms with Gasteiger partial charge in [-0.25, -0.2) is 4.57 Å². The molecule has 2 aromatic heterocycles. The second-order valence-electron chi connectivity index (χ2n) is 4.72. The van der Waals surface area contributed by atoms with E-state index < -0.39 is 0 Å². The first-order chi connectivity index (χ1) is 9.16. The summed E-state index contributed by atoms with van der Waals surface area (Å²) in [6.45, 7) is 2.05. The molecule has 0 saturated carbocycles. The summed E-state index contributed by atoms with van der Waals surface area (Å²) in [6, 6.07) is 13.6. The molecular formula is C16H15N2O+. The Bertz CT molecular complexity index is 804. The third-order valence-corrected chi connectivity index (χ3v) is 3.54. The fourth-order valence-corrected chi connectivity index (χ4v) is 2.30. The molecule has 3 rings (SSSR count). The molecule has 0 aliphatic carbocycles. The molecular weight excluding hydrogens is 236 g/mol. The number of aryl methyl sites for hydroxylation is 2. The summed E-state index contributed by atoms with van der Waals surface area (Å²) in [4.78, 5) is 15.1. The number of nitrogens with one attached hydrogen (secondary N) is 1. The van der Waals surface area contributed by atoms with E-state index in [9.17, 15) is 4.79 Å². The molecule has 0 spiro atoms. The normalized spacial score (nSPS) is 10.8. The predicted octanol–water partition coefficient (Wildman–Crippen LogP) is 2.33. The number of H-pyrrole nitrogens is 1. The van der Waals surface area contributed by atoms with Crippen molar-refractivity contribution in [3.8, 4) is 11.1 Å². The van der Waals surface area contributed by atoms with Crippen LogP contribution in [0.1, 0.15) is 5.69 Å². The zero-order valence-corrected chi connectivity index (χ0v) is 11.0. The van der Waals surface area contributed by atoms with Crippen LogP contribution in [0, 0.1) is 6.92 Å². The number of pyridine rings is 2. The van der Waals surface area contributed by atoms with Gasteiger partial charge in [-0.15, -0.1) is 0 Å². The lowest BCUT2D eigenvalue weighted by molar-refractivity contribution is -0.676. The van der Waals surface area contributed by atoms with Crippen molar-refractivity contribution in [2.45, 2.75) is 6.92 Å².